The summed E-state index contributed by atoms with van der Waals surface area (Å²) in [5.74, 6) is -0.550. The van der Waals surface area contributed by atoms with Crippen LogP contribution < -0.4 is 16.2 Å². The first-order valence-electron chi connectivity index (χ1n) is 8.15. The van der Waals surface area contributed by atoms with E-state index in [-0.39, 0.29) is 29.0 Å². The fourth-order valence-corrected chi connectivity index (χ4v) is 4.88. The summed E-state index contributed by atoms with van der Waals surface area (Å²) in [5.41, 5.74) is 7.30. The van der Waals surface area contributed by atoms with Gasteiger partial charge in [-0.3, -0.25) is 10.2 Å². The zero-order valence-corrected chi connectivity index (χ0v) is 14.4. The molecule has 0 aliphatic carbocycles. The van der Waals surface area contributed by atoms with Crippen molar-refractivity contribution >= 4 is 15.7 Å². The Balaban J connectivity index is 1.71. The van der Waals surface area contributed by atoms with E-state index in [1.165, 1.54) is 0 Å². The van der Waals surface area contributed by atoms with E-state index in [4.69, 9.17) is 0 Å². The van der Waals surface area contributed by atoms with Gasteiger partial charge in [0.25, 0.3) is 5.91 Å². The second-order valence-electron chi connectivity index (χ2n) is 6.34. The third-order valence-corrected chi connectivity index (χ3v) is 6.26. The van der Waals surface area contributed by atoms with Crippen molar-refractivity contribution in [2.24, 2.45) is 5.92 Å². The zero-order valence-electron chi connectivity index (χ0n) is 13.6. The van der Waals surface area contributed by atoms with Crippen molar-refractivity contribution in [2.45, 2.75) is 18.5 Å². The molecule has 0 bridgehead atoms. The van der Waals surface area contributed by atoms with E-state index in [2.05, 4.69) is 16.2 Å². The Morgan fingerprint density at radius 3 is 2.72 bits per heavy atom. The second-order valence-corrected chi connectivity index (χ2v) is 8.57. The topological polar surface area (TPSA) is 111 Å². The van der Waals surface area contributed by atoms with E-state index >= 15 is 0 Å². The Morgan fingerprint density at radius 1 is 1.32 bits per heavy atom. The fraction of sp³-hybridized carbons (Fsp3) is 0.412. The number of nitrogens with one attached hydrogen (secondary N) is 3. The molecular formula is C17H20N4O3S. The van der Waals surface area contributed by atoms with Crippen LogP contribution >= 0.6 is 0 Å². The van der Waals surface area contributed by atoms with Crippen LogP contribution in [0.25, 0.3) is 0 Å². The van der Waals surface area contributed by atoms with E-state index in [1.807, 2.05) is 36.4 Å². The molecule has 2 fully saturated rings. The van der Waals surface area contributed by atoms with Gasteiger partial charge in [-0.1, -0.05) is 36.4 Å². The van der Waals surface area contributed by atoms with Crippen LogP contribution in [0.3, 0.4) is 0 Å². The monoisotopic (exact) mass is 360 g/mol. The van der Waals surface area contributed by atoms with Gasteiger partial charge in [0.1, 0.15) is 11.6 Å². The molecule has 2 aliphatic rings. The standard InChI is InChI=1S/C17H20N4O3S/c18-9-13(17(22)20-15-6-7-25(23,24)11-15)8-14-10-19-21-16(14)12-4-2-1-3-5-12/h1-5,8,14-16,19,21H,6-7,10-11H2,(H,20,22)/b13-8-. The maximum absolute atomic E-state index is 12.3. The van der Waals surface area contributed by atoms with Crippen LogP contribution in [0.1, 0.15) is 18.0 Å². The van der Waals surface area contributed by atoms with Crippen molar-refractivity contribution in [3.63, 3.8) is 0 Å². The third-order valence-electron chi connectivity index (χ3n) is 4.50. The zero-order chi connectivity index (χ0) is 17.9. The maximum atomic E-state index is 12.3. The lowest BCUT2D eigenvalue weighted by atomic mass is 9.93. The number of nitrogens with zero attached hydrogens (tertiary/aromatic N) is 1. The van der Waals surface area contributed by atoms with Crippen LogP contribution in [-0.2, 0) is 14.6 Å². The molecule has 0 saturated carbocycles. The van der Waals surface area contributed by atoms with Crippen molar-refractivity contribution < 1.29 is 13.2 Å². The van der Waals surface area contributed by atoms with Crippen molar-refractivity contribution in [3.8, 4) is 6.07 Å². The Labute approximate surface area is 147 Å². The van der Waals surface area contributed by atoms with Crippen LogP contribution in [0.15, 0.2) is 42.0 Å². The molecule has 1 aromatic carbocycles. The number of hydrazine groups is 1. The quantitative estimate of drug-likeness (QED) is 0.523. The molecule has 1 amide bonds. The van der Waals surface area contributed by atoms with Gasteiger partial charge in [-0.25, -0.2) is 13.8 Å². The average molecular weight is 360 g/mol. The highest BCUT2D eigenvalue weighted by atomic mass is 32.2. The summed E-state index contributed by atoms with van der Waals surface area (Å²) in [7, 11) is -3.08. The van der Waals surface area contributed by atoms with Crippen LogP contribution in [0.2, 0.25) is 0 Å². The van der Waals surface area contributed by atoms with Crippen molar-refractivity contribution in [3.05, 3.63) is 47.5 Å². The normalized spacial score (nSPS) is 28.4. The summed E-state index contributed by atoms with van der Waals surface area (Å²) in [4.78, 5) is 12.3. The lowest BCUT2D eigenvalue weighted by Crippen LogP contribution is -2.36. The lowest BCUT2D eigenvalue weighted by Gasteiger charge is -2.16. The number of nitriles is 1. The van der Waals surface area contributed by atoms with Crippen LogP contribution in [0, 0.1) is 17.2 Å². The SMILES string of the molecule is N#C/C(=C/C1CNNC1c1ccccc1)C(=O)NC1CCS(=O)(=O)C1. The molecule has 3 atom stereocenters. The number of amides is 1. The van der Waals surface area contributed by atoms with Gasteiger partial charge >= 0.3 is 0 Å². The number of sulfone groups is 1. The van der Waals surface area contributed by atoms with Gasteiger partial charge in [0.15, 0.2) is 9.84 Å². The summed E-state index contributed by atoms with van der Waals surface area (Å²) in [5, 5.41) is 12.0. The number of benzene rings is 1. The molecule has 3 unspecified atom stereocenters. The molecular weight excluding hydrogens is 340 g/mol. The van der Waals surface area contributed by atoms with E-state index < -0.39 is 21.8 Å². The first-order chi connectivity index (χ1) is 12.0. The Kier molecular flexibility index (Phi) is 5.18. The maximum Gasteiger partial charge on any atom is 0.261 e. The minimum Gasteiger partial charge on any atom is -0.348 e. The molecule has 0 spiro atoms. The molecule has 8 heteroatoms. The van der Waals surface area contributed by atoms with Gasteiger partial charge in [-0.2, -0.15) is 5.26 Å². The highest BCUT2D eigenvalue weighted by molar-refractivity contribution is 7.91. The Morgan fingerprint density at radius 2 is 2.08 bits per heavy atom. The summed E-state index contributed by atoms with van der Waals surface area (Å²) < 4.78 is 23.0. The predicted octanol–water partition coefficient (Wildman–Crippen LogP) is 0.205. The highest BCUT2D eigenvalue weighted by Gasteiger charge is 2.31. The molecule has 2 aliphatic heterocycles. The number of carbonyl (C=O) groups excluding carboxylic acids is 1. The number of hydrogen-bond donors (Lipinski definition) is 3. The predicted molar refractivity (Wildman–Crippen MR) is 92.7 cm³/mol. The molecule has 1 aromatic rings. The van der Waals surface area contributed by atoms with E-state index in [1.54, 1.807) is 6.08 Å². The molecule has 0 radical (unpaired) electrons. The van der Waals surface area contributed by atoms with Gasteiger partial charge in [0.2, 0.25) is 0 Å². The molecule has 0 aromatic heterocycles. The Bertz CT molecular complexity index is 814. The minimum atomic E-state index is -3.08. The molecule has 3 rings (SSSR count). The van der Waals surface area contributed by atoms with Gasteiger partial charge in [-0.05, 0) is 12.0 Å². The van der Waals surface area contributed by atoms with Crippen molar-refractivity contribution in [1.29, 1.82) is 5.26 Å². The van der Waals surface area contributed by atoms with Crippen LogP contribution in [-0.4, -0.2) is 38.4 Å². The van der Waals surface area contributed by atoms with Crippen molar-refractivity contribution in [1.82, 2.24) is 16.2 Å². The first-order valence-corrected chi connectivity index (χ1v) is 9.97. The largest absolute Gasteiger partial charge is 0.348 e. The van der Waals surface area contributed by atoms with E-state index in [9.17, 15) is 18.5 Å². The molecule has 2 heterocycles. The van der Waals surface area contributed by atoms with Gasteiger partial charge in [-0.15, -0.1) is 0 Å². The van der Waals surface area contributed by atoms with Gasteiger partial charge in [0.05, 0.1) is 17.5 Å². The fourth-order valence-electron chi connectivity index (χ4n) is 3.21. The van der Waals surface area contributed by atoms with E-state index in [0.29, 0.717) is 13.0 Å². The summed E-state index contributed by atoms with van der Waals surface area (Å²) in [6.45, 7) is 0.593. The van der Waals surface area contributed by atoms with Crippen LogP contribution in [0.4, 0.5) is 0 Å². The third kappa shape index (κ3) is 4.25. The molecule has 25 heavy (non-hydrogen) atoms. The van der Waals surface area contributed by atoms with E-state index in [0.717, 1.165) is 5.56 Å². The average Bonchev–Trinajstić information content (AvgIpc) is 3.19. The first kappa shape index (κ1) is 17.6. The molecule has 7 nitrogen and oxygen atoms in total. The minimum absolute atomic E-state index is 0.0146. The number of carbonyl (C=O) groups is 1. The molecule has 3 N–H and O–H groups in total. The van der Waals surface area contributed by atoms with Crippen molar-refractivity contribution in [2.75, 3.05) is 18.1 Å². The molecule has 2 saturated heterocycles. The summed E-state index contributed by atoms with van der Waals surface area (Å²) in [6, 6.07) is 11.3. The van der Waals surface area contributed by atoms with Gasteiger partial charge in [0, 0.05) is 18.5 Å². The summed E-state index contributed by atoms with van der Waals surface area (Å²) >= 11 is 0. The second kappa shape index (κ2) is 7.35. The number of rotatable bonds is 4. The lowest BCUT2D eigenvalue weighted by molar-refractivity contribution is -0.117. The number of hydrogen-bond acceptors (Lipinski definition) is 6. The van der Waals surface area contributed by atoms with Crippen LogP contribution in [0.5, 0.6) is 0 Å². The molecule has 132 valence electrons. The van der Waals surface area contributed by atoms with Gasteiger partial charge < -0.3 is 5.32 Å². The highest BCUT2D eigenvalue weighted by Crippen LogP contribution is 2.26. The summed E-state index contributed by atoms with van der Waals surface area (Å²) in [6.07, 6.45) is 2.05. The Hall–Kier alpha value is -2.21. The smallest absolute Gasteiger partial charge is 0.261 e.